The van der Waals surface area contributed by atoms with Gasteiger partial charge in [0.05, 0.1) is 24.0 Å². The minimum Gasteiger partial charge on any atom is -0.468 e. The number of fused-ring (bicyclic) bond motifs is 9. The average Bonchev–Trinajstić information content (AvgIpc) is 3.49. The van der Waals surface area contributed by atoms with Crippen LogP contribution in [0.1, 0.15) is 22.8 Å². The monoisotopic (exact) mass is 457 g/mol. The largest absolute Gasteiger partial charge is 0.468 e. The number of amides is 2. The van der Waals surface area contributed by atoms with Crippen LogP contribution in [0.3, 0.4) is 0 Å². The molecule has 8 nitrogen and oxygen atoms in total. The highest BCUT2D eigenvalue weighted by Crippen LogP contribution is 2.68. The number of aromatic nitrogens is 2. The number of H-pyrrole nitrogens is 1. The number of thiazole rings is 1. The van der Waals surface area contributed by atoms with Crippen molar-refractivity contribution >= 4 is 40.9 Å². The molecule has 2 aliphatic heterocycles. The number of rotatable bonds is 3. The van der Waals surface area contributed by atoms with Crippen LogP contribution in [-0.4, -0.2) is 51.6 Å². The molecule has 4 heterocycles. The van der Waals surface area contributed by atoms with E-state index in [0.717, 1.165) is 26.8 Å². The molecule has 1 N–H and O–H groups in total. The zero-order chi connectivity index (χ0) is 21.4. The summed E-state index contributed by atoms with van der Waals surface area (Å²) in [6.45, 7) is -0.324. The Bertz CT molecular complexity index is 1160. The summed E-state index contributed by atoms with van der Waals surface area (Å²) in [5, 5.41) is 1.00. The molecule has 0 radical (unpaired) electrons. The molecule has 10 heteroatoms. The fourth-order valence-corrected chi connectivity index (χ4v) is 9.25. The molecular weight excluding hydrogens is 438 g/mol. The molecule has 2 aromatic rings. The lowest BCUT2D eigenvalue weighted by atomic mass is 9.68. The van der Waals surface area contributed by atoms with Crippen molar-refractivity contribution in [1.29, 1.82) is 0 Å². The van der Waals surface area contributed by atoms with E-state index in [-0.39, 0.29) is 52.2 Å². The van der Waals surface area contributed by atoms with Gasteiger partial charge < -0.3 is 9.72 Å². The molecule has 160 valence electrons. The maximum atomic E-state index is 13.2. The zero-order valence-corrected chi connectivity index (χ0v) is 18.2. The number of likely N-dealkylation sites (tertiary alicyclic amines) is 1. The number of thioether (sulfide) groups is 1. The number of ether oxygens (including phenoxy) is 1. The van der Waals surface area contributed by atoms with Crippen molar-refractivity contribution in [2.24, 2.45) is 29.6 Å². The number of hydrogen-bond acceptors (Lipinski definition) is 8. The Morgan fingerprint density at radius 2 is 2.03 bits per heavy atom. The first-order valence-corrected chi connectivity index (χ1v) is 11.9. The molecule has 2 saturated carbocycles. The first kappa shape index (κ1) is 19.2. The number of pyridine rings is 1. The van der Waals surface area contributed by atoms with Crippen LogP contribution in [-0.2, 0) is 19.1 Å². The van der Waals surface area contributed by atoms with E-state index in [4.69, 9.17) is 0 Å². The topological polar surface area (TPSA) is 109 Å². The summed E-state index contributed by atoms with van der Waals surface area (Å²) in [5.41, 5.74) is 1.03. The van der Waals surface area contributed by atoms with Gasteiger partial charge in [0.15, 0.2) is 0 Å². The molecule has 1 saturated heterocycles. The third kappa shape index (κ3) is 2.57. The number of esters is 1. The van der Waals surface area contributed by atoms with Gasteiger partial charge in [-0.2, -0.15) is 0 Å². The van der Waals surface area contributed by atoms with Gasteiger partial charge in [-0.1, -0.05) is 17.4 Å². The number of carbonyl (C=O) groups is 3. The van der Waals surface area contributed by atoms with Crippen LogP contribution in [0.5, 0.6) is 0 Å². The first-order chi connectivity index (χ1) is 15.0. The number of hydrogen-bond donors (Lipinski definition) is 1. The highest BCUT2D eigenvalue weighted by Gasteiger charge is 2.69. The van der Waals surface area contributed by atoms with Gasteiger partial charge in [-0.05, 0) is 35.8 Å². The van der Waals surface area contributed by atoms with E-state index in [1.54, 1.807) is 18.0 Å². The SMILES string of the molecule is COC(=O)CN1C(=O)C2C3CC(C2C1=O)C1C(c2cccnc2)c2sc(=O)[nH]c2SC31. The van der Waals surface area contributed by atoms with Crippen LogP contribution < -0.4 is 4.87 Å². The van der Waals surface area contributed by atoms with E-state index >= 15 is 0 Å². The van der Waals surface area contributed by atoms with E-state index in [9.17, 15) is 19.2 Å². The number of carbonyl (C=O) groups excluding carboxylic acids is 3. The smallest absolute Gasteiger partial charge is 0.325 e. The van der Waals surface area contributed by atoms with Crippen LogP contribution in [0.2, 0.25) is 0 Å². The summed E-state index contributed by atoms with van der Waals surface area (Å²) < 4.78 is 4.68. The fourth-order valence-electron chi connectivity index (χ4n) is 6.36. The van der Waals surface area contributed by atoms with Gasteiger partial charge in [-0.15, -0.1) is 11.8 Å². The maximum absolute atomic E-state index is 13.2. The average molecular weight is 458 g/mol. The molecule has 2 aromatic heterocycles. The number of methoxy groups -OCH3 is 1. The summed E-state index contributed by atoms with van der Waals surface area (Å²) in [7, 11) is 1.25. The molecule has 6 rings (SSSR count). The quantitative estimate of drug-likeness (QED) is 0.549. The predicted molar refractivity (Wildman–Crippen MR) is 111 cm³/mol. The van der Waals surface area contributed by atoms with Crippen LogP contribution >= 0.6 is 23.1 Å². The lowest BCUT2D eigenvalue weighted by Crippen LogP contribution is -2.42. The second-order valence-corrected chi connectivity index (χ2v) is 10.8. The Labute approximate surface area is 185 Å². The van der Waals surface area contributed by atoms with Gasteiger partial charge >= 0.3 is 10.8 Å². The molecule has 2 amide bonds. The second kappa shape index (κ2) is 6.77. The summed E-state index contributed by atoms with van der Waals surface area (Å²) in [6, 6.07) is 3.91. The van der Waals surface area contributed by atoms with E-state index in [0.29, 0.717) is 0 Å². The minimum absolute atomic E-state index is 0.0298. The molecule has 0 spiro atoms. The molecular formula is C21H19N3O5S2. The van der Waals surface area contributed by atoms with Crippen molar-refractivity contribution in [3.8, 4) is 0 Å². The Morgan fingerprint density at radius 1 is 1.26 bits per heavy atom. The lowest BCUT2D eigenvalue weighted by molar-refractivity contribution is -0.151. The lowest BCUT2D eigenvalue weighted by Gasteiger charge is -2.42. The van der Waals surface area contributed by atoms with Gasteiger partial charge in [0.25, 0.3) is 0 Å². The van der Waals surface area contributed by atoms with Crippen LogP contribution in [0.4, 0.5) is 0 Å². The molecule has 2 aliphatic carbocycles. The van der Waals surface area contributed by atoms with Crippen molar-refractivity contribution in [3.63, 3.8) is 0 Å². The van der Waals surface area contributed by atoms with Crippen molar-refractivity contribution < 1.29 is 19.1 Å². The highest BCUT2D eigenvalue weighted by molar-refractivity contribution is 8.00. The standard InChI is InChI=1S/C21H19N3O5S2/c1-29-11(25)7-24-19(26)14-9-5-10(15(14)20(24)27)16-13(9)12(8-3-2-4-22-6-8)17-18(30-16)23-21(28)31-17/h2-4,6,9-10,12-16H,5,7H2,1H3,(H,23,28). The second-order valence-electron chi connectivity index (χ2n) is 8.59. The Balaban J connectivity index is 1.43. The Morgan fingerprint density at radius 3 is 2.74 bits per heavy atom. The first-order valence-electron chi connectivity index (χ1n) is 10.2. The molecule has 0 aromatic carbocycles. The molecule has 7 unspecified atom stereocenters. The van der Waals surface area contributed by atoms with E-state index < -0.39 is 17.8 Å². The summed E-state index contributed by atoms with van der Waals surface area (Å²) in [6.07, 6.45) is 4.37. The zero-order valence-electron chi connectivity index (χ0n) is 16.5. The van der Waals surface area contributed by atoms with Crippen LogP contribution in [0, 0.1) is 29.6 Å². The molecule has 31 heavy (non-hydrogen) atoms. The molecule has 2 bridgehead atoms. The minimum atomic E-state index is -0.589. The van der Waals surface area contributed by atoms with Gasteiger partial charge in [0, 0.05) is 28.4 Å². The number of nitrogens with one attached hydrogen (secondary N) is 1. The molecule has 4 aliphatic rings. The molecule has 7 atom stereocenters. The molecule has 3 fully saturated rings. The van der Waals surface area contributed by atoms with Crippen molar-refractivity contribution in [3.05, 3.63) is 44.6 Å². The normalized spacial score (nSPS) is 35.1. The number of nitrogens with zero attached hydrogens (tertiary/aromatic N) is 2. The van der Waals surface area contributed by atoms with Crippen molar-refractivity contribution in [1.82, 2.24) is 14.9 Å². The third-order valence-electron chi connectivity index (χ3n) is 7.37. The highest BCUT2D eigenvalue weighted by atomic mass is 32.2. The summed E-state index contributed by atoms with van der Waals surface area (Å²) >= 11 is 2.87. The van der Waals surface area contributed by atoms with E-state index in [1.807, 2.05) is 18.3 Å². The van der Waals surface area contributed by atoms with Gasteiger partial charge in [-0.25, -0.2) is 0 Å². The van der Waals surface area contributed by atoms with Crippen LogP contribution in [0.15, 0.2) is 34.3 Å². The Hall–Kier alpha value is -2.46. The number of imide groups is 1. The van der Waals surface area contributed by atoms with E-state index in [1.165, 1.54) is 18.4 Å². The summed E-state index contributed by atoms with van der Waals surface area (Å²) in [4.78, 5) is 59.6. The Kier molecular flexibility index (Phi) is 4.20. The maximum Gasteiger partial charge on any atom is 0.325 e. The number of aromatic amines is 1. The van der Waals surface area contributed by atoms with E-state index in [2.05, 4.69) is 14.7 Å². The van der Waals surface area contributed by atoms with Gasteiger partial charge in [0.1, 0.15) is 6.54 Å². The van der Waals surface area contributed by atoms with Crippen LogP contribution in [0.25, 0.3) is 0 Å². The van der Waals surface area contributed by atoms with Gasteiger partial charge in [0.2, 0.25) is 11.8 Å². The van der Waals surface area contributed by atoms with Crippen molar-refractivity contribution in [2.45, 2.75) is 22.6 Å². The van der Waals surface area contributed by atoms with Gasteiger partial charge in [-0.3, -0.25) is 29.1 Å². The van der Waals surface area contributed by atoms with Crippen molar-refractivity contribution in [2.75, 3.05) is 13.7 Å². The third-order valence-corrected chi connectivity index (χ3v) is 9.96. The predicted octanol–water partition coefficient (Wildman–Crippen LogP) is 1.48. The fraction of sp³-hybridized carbons (Fsp3) is 0.476. The summed E-state index contributed by atoms with van der Waals surface area (Å²) in [5.74, 6) is -1.72.